The van der Waals surface area contributed by atoms with Gasteiger partial charge in [-0.2, -0.15) is 0 Å². The molecule has 0 radical (unpaired) electrons. The van der Waals surface area contributed by atoms with Crippen molar-refractivity contribution in [2.24, 2.45) is 11.8 Å². The average molecular weight is 224 g/mol. The monoisotopic (exact) mass is 224 g/mol. The number of fused-ring (bicyclic) bond motifs is 2. The van der Waals surface area contributed by atoms with Gasteiger partial charge in [-0.3, -0.25) is 4.79 Å². The van der Waals surface area contributed by atoms with Gasteiger partial charge in [0.2, 0.25) is 0 Å². The lowest BCUT2D eigenvalue weighted by Gasteiger charge is -2.31. The Kier molecular flexibility index (Phi) is 2.74. The van der Waals surface area contributed by atoms with Crippen LogP contribution >= 0.6 is 0 Å². The summed E-state index contributed by atoms with van der Waals surface area (Å²) >= 11 is 0. The first-order chi connectivity index (χ1) is 7.49. The maximum absolute atomic E-state index is 11.5. The summed E-state index contributed by atoms with van der Waals surface area (Å²) in [4.78, 5) is 22.8. The quantitative estimate of drug-likeness (QED) is 0.526. The van der Waals surface area contributed by atoms with Crippen LogP contribution in [0.1, 0.15) is 26.7 Å². The van der Waals surface area contributed by atoms with Crippen molar-refractivity contribution >= 4 is 11.9 Å². The van der Waals surface area contributed by atoms with E-state index in [1.54, 1.807) is 6.92 Å². The van der Waals surface area contributed by atoms with Crippen molar-refractivity contribution in [1.82, 2.24) is 0 Å². The molecule has 16 heavy (non-hydrogen) atoms. The van der Waals surface area contributed by atoms with Crippen molar-refractivity contribution in [2.75, 3.05) is 0 Å². The molecule has 1 saturated heterocycles. The molecule has 0 amide bonds. The van der Waals surface area contributed by atoms with Gasteiger partial charge in [-0.25, -0.2) is 4.79 Å². The van der Waals surface area contributed by atoms with Gasteiger partial charge in [0, 0.05) is 12.0 Å². The van der Waals surface area contributed by atoms with Crippen molar-refractivity contribution in [3.05, 3.63) is 12.2 Å². The lowest BCUT2D eigenvalue weighted by atomic mass is 9.81. The first-order valence-corrected chi connectivity index (χ1v) is 5.56. The van der Waals surface area contributed by atoms with Crippen molar-refractivity contribution in [3.8, 4) is 0 Å². The van der Waals surface area contributed by atoms with E-state index in [1.165, 1.54) is 0 Å². The summed E-state index contributed by atoms with van der Waals surface area (Å²) in [6, 6.07) is 0. The van der Waals surface area contributed by atoms with E-state index in [9.17, 15) is 9.59 Å². The van der Waals surface area contributed by atoms with Gasteiger partial charge in [-0.05, 0) is 19.3 Å². The summed E-state index contributed by atoms with van der Waals surface area (Å²) in [6.45, 7) is 7.13. The lowest BCUT2D eigenvalue weighted by molar-refractivity contribution is -0.160. The Morgan fingerprint density at radius 3 is 2.81 bits per heavy atom. The summed E-state index contributed by atoms with van der Waals surface area (Å²) in [6.07, 6.45) is 0.845. The van der Waals surface area contributed by atoms with E-state index >= 15 is 0 Å². The summed E-state index contributed by atoms with van der Waals surface area (Å²) in [5.74, 6) is -0.387. The Hall–Kier alpha value is -1.32. The molecule has 4 heteroatoms. The van der Waals surface area contributed by atoms with Crippen LogP contribution in [0.5, 0.6) is 0 Å². The number of carbonyl (C=O) groups is 2. The van der Waals surface area contributed by atoms with Gasteiger partial charge in [-0.1, -0.05) is 13.5 Å². The maximum Gasteiger partial charge on any atom is 0.333 e. The molecule has 1 aliphatic carbocycles. The molecular weight excluding hydrogens is 208 g/mol. The van der Waals surface area contributed by atoms with E-state index in [4.69, 9.17) is 9.47 Å². The van der Waals surface area contributed by atoms with Crippen LogP contribution in [0.2, 0.25) is 0 Å². The summed E-state index contributed by atoms with van der Waals surface area (Å²) < 4.78 is 10.5. The molecule has 4 unspecified atom stereocenters. The third-order valence-corrected chi connectivity index (χ3v) is 3.29. The minimum Gasteiger partial charge on any atom is -0.458 e. The highest BCUT2D eigenvalue weighted by Gasteiger charge is 2.48. The molecule has 0 aromatic rings. The molecule has 1 heterocycles. The van der Waals surface area contributed by atoms with E-state index in [-0.39, 0.29) is 30.0 Å². The van der Waals surface area contributed by atoms with E-state index in [0.717, 1.165) is 6.42 Å². The van der Waals surface area contributed by atoms with Crippen LogP contribution in [0, 0.1) is 11.8 Å². The molecule has 0 aromatic carbocycles. The Morgan fingerprint density at radius 2 is 2.19 bits per heavy atom. The number of ether oxygens (including phenoxy) is 2. The molecule has 1 saturated carbocycles. The molecule has 0 aromatic heterocycles. The second-order valence-corrected chi connectivity index (χ2v) is 4.77. The van der Waals surface area contributed by atoms with Crippen molar-refractivity contribution in [2.45, 2.75) is 38.9 Å². The topological polar surface area (TPSA) is 52.6 Å². The largest absolute Gasteiger partial charge is 0.458 e. The van der Waals surface area contributed by atoms with Crippen molar-refractivity contribution in [3.63, 3.8) is 0 Å². The highest BCUT2D eigenvalue weighted by Crippen LogP contribution is 2.39. The normalized spacial score (nSPS) is 36.8. The second kappa shape index (κ2) is 3.92. The molecule has 88 valence electrons. The number of carbonyl (C=O) groups excluding carboxylic acids is 2. The van der Waals surface area contributed by atoms with Gasteiger partial charge < -0.3 is 9.47 Å². The smallest absolute Gasteiger partial charge is 0.333 e. The van der Waals surface area contributed by atoms with Crippen LogP contribution in [0.25, 0.3) is 0 Å². The number of rotatable bonds is 2. The Bertz CT molecular complexity index is 347. The molecule has 1 aliphatic heterocycles. The van der Waals surface area contributed by atoms with Crippen LogP contribution < -0.4 is 0 Å². The van der Waals surface area contributed by atoms with Gasteiger partial charge in [0.05, 0.1) is 5.92 Å². The molecule has 2 rings (SSSR count). The molecule has 2 aliphatic rings. The van der Waals surface area contributed by atoms with Crippen molar-refractivity contribution < 1.29 is 19.1 Å². The van der Waals surface area contributed by atoms with Crippen LogP contribution in [-0.4, -0.2) is 24.1 Å². The molecular formula is C12H16O4. The van der Waals surface area contributed by atoms with Crippen LogP contribution in [-0.2, 0) is 19.1 Å². The molecule has 2 fully saturated rings. The highest BCUT2D eigenvalue weighted by atomic mass is 16.6. The predicted molar refractivity (Wildman–Crippen MR) is 56.5 cm³/mol. The molecule has 4 nitrogen and oxygen atoms in total. The molecule has 0 N–H and O–H groups in total. The third kappa shape index (κ3) is 1.84. The zero-order valence-corrected chi connectivity index (χ0v) is 9.56. The first kappa shape index (κ1) is 11.2. The zero-order chi connectivity index (χ0) is 11.9. The standard InChI is InChI=1S/C12H16O4/c1-6(2)11(13)16-10-7(3)4-8-5-9(10)15-12(8)14/h7-10H,1,4-5H2,2-3H3. The zero-order valence-electron chi connectivity index (χ0n) is 9.56. The number of hydrogen-bond acceptors (Lipinski definition) is 4. The Morgan fingerprint density at radius 1 is 1.50 bits per heavy atom. The van der Waals surface area contributed by atoms with Crippen LogP contribution in [0.3, 0.4) is 0 Å². The second-order valence-electron chi connectivity index (χ2n) is 4.77. The minimum absolute atomic E-state index is 0.000204. The predicted octanol–water partition coefficient (Wildman–Crippen LogP) is 1.45. The van der Waals surface area contributed by atoms with Gasteiger partial charge in [-0.15, -0.1) is 0 Å². The summed E-state index contributed by atoms with van der Waals surface area (Å²) in [5, 5.41) is 0. The first-order valence-electron chi connectivity index (χ1n) is 5.56. The highest BCUT2D eigenvalue weighted by molar-refractivity contribution is 5.87. The number of hydrogen-bond donors (Lipinski definition) is 0. The van der Waals surface area contributed by atoms with Gasteiger partial charge in [0.15, 0.2) is 0 Å². The Balaban J connectivity index is 2.07. The fraction of sp³-hybridized carbons (Fsp3) is 0.667. The minimum atomic E-state index is -0.404. The maximum atomic E-state index is 11.5. The molecule has 0 spiro atoms. The lowest BCUT2D eigenvalue weighted by Crippen LogP contribution is -2.39. The van der Waals surface area contributed by atoms with Crippen LogP contribution in [0.15, 0.2) is 12.2 Å². The fourth-order valence-electron chi connectivity index (χ4n) is 2.43. The summed E-state index contributed by atoms with van der Waals surface area (Å²) in [7, 11) is 0. The van der Waals surface area contributed by atoms with Gasteiger partial charge in [0.1, 0.15) is 12.2 Å². The van der Waals surface area contributed by atoms with Gasteiger partial charge >= 0.3 is 11.9 Å². The summed E-state index contributed by atoms with van der Waals surface area (Å²) in [5.41, 5.74) is 0.374. The van der Waals surface area contributed by atoms with E-state index < -0.39 is 5.97 Å². The average Bonchev–Trinajstić information content (AvgIpc) is 2.50. The number of esters is 2. The third-order valence-electron chi connectivity index (χ3n) is 3.29. The van der Waals surface area contributed by atoms with Gasteiger partial charge in [0.25, 0.3) is 0 Å². The van der Waals surface area contributed by atoms with E-state index in [0.29, 0.717) is 12.0 Å². The van der Waals surface area contributed by atoms with E-state index in [2.05, 4.69) is 6.58 Å². The Labute approximate surface area is 94.6 Å². The fourth-order valence-corrected chi connectivity index (χ4v) is 2.43. The molecule has 4 atom stereocenters. The SMILES string of the molecule is C=C(C)C(=O)OC1C(C)CC2CC1OC2=O. The molecule has 2 bridgehead atoms. The van der Waals surface area contributed by atoms with E-state index in [1.807, 2.05) is 6.92 Å². The van der Waals surface area contributed by atoms with Crippen LogP contribution in [0.4, 0.5) is 0 Å². The van der Waals surface area contributed by atoms with Crippen molar-refractivity contribution in [1.29, 1.82) is 0 Å².